The van der Waals surface area contributed by atoms with Gasteiger partial charge in [0.15, 0.2) is 11.5 Å². The molecule has 1 aliphatic carbocycles. The van der Waals surface area contributed by atoms with Crippen LogP contribution in [0.5, 0.6) is 11.5 Å². The van der Waals surface area contributed by atoms with Gasteiger partial charge in [-0.15, -0.1) is 0 Å². The van der Waals surface area contributed by atoms with E-state index in [1.54, 1.807) is 0 Å². The Bertz CT molecular complexity index is 536. The van der Waals surface area contributed by atoms with E-state index in [2.05, 4.69) is 26.8 Å². The van der Waals surface area contributed by atoms with Crippen molar-refractivity contribution >= 4 is 11.6 Å². The van der Waals surface area contributed by atoms with Crippen molar-refractivity contribution in [3.63, 3.8) is 0 Å². The number of nitrogens with two attached hydrogens (primary N) is 1. The fourth-order valence-corrected chi connectivity index (χ4v) is 3.71. The molecule has 3 nitrogen and oxygen atoms in total. The molecule has 2 N–H and O–H groups in total. The highest BCUT2D eigenvalue weighted by Gasteiger charge is 2.49. The van der Waals surface area contributed by atoms with Gasteiger partial charge in [0.05, 0.1) is 5.02 Å². The summed E-state index contributed by atoms with van der Waals surface area (Å²) in [6.45, 7) is 7.55. The minimum atomic E-state index is 0.0685. The summed E-state index contributed by atoms with van der Waals surface area (Å²) in [6.07, 6.45) is 2.25. The highest BCUT2D eigenvalue weighted by molar-refractivity contribution is 6.33. The van der Waals surface area contributed by atoms with E-state index in [1.807, 2.05) is 0 Å². The maximum Gasteiger partial charge on any atom is 0.180 e. The Labute approximate surface area is 125 Å². The first kappa shape index (κ1) is 14.0. The van der Waals surface area contributed by atoms with Gasteiger partial charge < -0.3 is 15.2 Å². The average Bonchev–Trinajstić information content (AvgIpc) is 3.19. The molecule has 1 saturated carbocycles. The number of ether oxygens (including phenoxy) is 2. The molecule has 1 heterocycles. The van der Waals surface area contributed by atoms with E-state index in [0.717, 1.165) is 18.6 Å². The summed E-state index contributed by atoms with van der Waals surface area (Å²) in [5.74, 6) is 1.81. The van der Waals surface area contributed by atoms with Crippen molar-refractivity contribution < 1.29 is 9.47 Å². The third-order valence-electron chi connectivity index (χ3n) is 4.59. The van der Waals surface area contributed by atoms with Crippen molar-refractivity contribution in [2.75, 3.05) is 13.2 Å². The normalized spacial score (nSPS) is 20.9. The molecule has 1 aromatic carbocycles. The van der Waals surface area contributed by atoms with E-state index >= 15 is 0 Å². The van der Waals surface area contributed by atoms with E-state index in [0.29, 0.717) is 29.9 Å². The maximum atomic E-state index is 6.62. The van der Waals surface area contributed by atoms with Crippen LogP contribution in [0.3, 0.4) is 0 Å². The first-order valence-corrected chi connectivity index (χ1v) is 7.73. The summed E-state index contributed by atoms with van der Waals surface area (Å²) >= 11 is 6.62. The van der Waals surface area contributed by atoms with Crippen LogP contribution in [-0.2, 0) is 5.41 Å². The summed E-state index contributed by atoms with van der Waals surface area (Å²) in [5.41, 5.74) is 8.75. The summed E-state index contributed by atoms with van der Waals surface area (Å²) < 4.78 is 11.4. The van der Waals surface area contributed by atoms with Crippen LogP contribution in [0.25, 0.3) is 0 Å². The van der Waals surface area contributed by atoms with Crippen LogP contribution in [0.15, 0.2) is 6.07 Å². The molecule has 1 aromatic rings. The lowest BCUT2D eigenvalue weighted by Crippen LogP contribution is -2.33. The Morgan fingerprint density at radius 3 is 2.40 bits per heavy atom. The Morgan fingerprint density at radius 1 is 1.20 bits per heavy atom. The molecular weight excluding hydrogens is 274 g/mol. The van der Waals surface area contributed by atoms with Gasteiger partial charge in [-0.1, -0.05) is 25.4 Å². The lowest BCUT2D eigenvalue weighted by molar-refractivity contribution is 0.171. The van der Waals surface area contributed by atoms with Gasteiger partial charge >= 0.3 is 0 Å². The van der Waals surface area contributed by atoms with Gasteiger partial charge in [-0.2, -0.15) is 0 Å². The number of benzene rings is 1. The van der Waals surface area contributed by atoms with Gasteiger partial charge in [0, 0.05) is 11.5 Å². The SMILES string of the molecule is CC(C)c1c(C2(C(C)N)CC2)cc2c(c1Cl)OCCO2. The van der Waals surface area contributed by atoms with Crippen LogP contribution in [0.1, 0.15) is 50.7 Å². The van der Waals surface area contributed by atoms with E-state index in [1.165, 1.54) is 11.1 Å². The predicted octanol–water partition coefficient (Wildman–Crippen LogP) is 3.61. The third-order valence-corrected chi connectivity index (χ3v) is 4.96. The smallest absolute Gasteiger partial charge is 0.180 e. The first-order valence-electron chi connectivity index (χ1n) is 7.35. The van der Waals surface area contributed by atoms with Crippen LogP contribution in [0.4, 0.5) is 0 Å². The Kier molecular flexibility index (Phi) is 3.38. The molecule has 2 aliphatic rings. The molecule has 0 radical (unpaired) electrons. The van der Waals surface area contributed by atoms with E-state index in [4.69, 9.17) is 26.8 Å². The minimum absolute atomic E-state index is 0.0685. The number of rotatable bonds is 3. The van der Waals surface area contributed by atoms with Gasteiger partial charge in [-0.3, -0.25) is 0 Å². The van der Waals surface area contributed by atoms with Crippen LogP contribution in [-0.4, -0.2) is 19.3 Å². The molecule has 3 rings (SSSR count). The molecule has 1 aliphatic heterocycles. The summed E-state index contributed by atoms with van der Waals surface area (Å²) in [7, 11) is 0. The minimum Gasteiger partial charge on any atom is -0.486 e. The van der Waals surface area contributed by atoms with Gasteiger partial charge in [0.1, 0.15) is 13.2 Å². The second-order valence-electron chi connectivity index (χ2n) is 6.28. The highest BCUT2D eigenvalue weighted by atomic mass is 35.5. The molecule has 0 aromatic heterocycles. The van der Waals surface area contributed by atoms with Crippen LogP contribution in [0.2, 0.25) is 5.02 Å². The van der Waals surface area contributed by atoms with Crippen molar-refractivity contribution in [1.82, 2.24) is 0 Å². The fraction of sp³-hybridized carbons (Fsp3) is 0.625. The summed E-state index contributed by atoms with van der Waals surface area (Å²) in [4.78, 5) is 0. The van der Waals surface area contributed by atoms with Gasteiger partial charge in [-0.05, 0) is 42.9 Å². The topological polar surface area (TPSA) is 44.5 Å². The Morgan fingerprint density at radius 2 is 1.85 bits per heavy atom. The molecule has 1 unspecified atom stereocenters. The van der Waals surface area contributed by atoms with Crippen molar-refractivity contribution in [2.45, 2.75) is 51.0 Å². The van der Waals surface area contributed by atoms with Gasteiger partial charge in [0.25, 0.3) is 0 Å². The molecule has 1 fully saturated rings. The van der Waals surface area contributed by atoms with Gasteiger partial charge in [-0.25, -0.2) is 0 Å². The molecule has 4 heteroatoms. The van der Waals surface area contributed by atoms with Crippen LogP contribution < -0.4 is 15.2 Å². The standard InChI is InChI=1S/C16H22ClNO2/c1-9(2)13-11(16(4-5-16)10(3)18)8-12-15(14(13)17)20-7-6-19-12/h8-10H,4-7,18H2,1-3H3. The quantitative estimate of drug-likeness (QED) is 0.926. The monoisotopic (exact) mass is 295 g/mol. The lowest BCUT2D eigenvalue weighted by atomic mass is 9.82. The molecule has 110 valence electrons. The third kappa shape index (κ3) is 1.99. The van der Waals surface area contributed by atoms with Crippen molar-refractivity contribution in [3.8, 4) is 11.5 Å². The van der Waals surface area contributed by atoms with E-state index in [-0.39, 0.29) is 11.5 Å². The number of hydrogen-bond acceptors (Lipinski definition) is 3. The molecule has 0 saturated heterocycles. The predicted molar refractivity (Wildman–Crippen MR) is 81.1 cm³/mol. The van der Waals surface area contributed by atoms with Crippen molar-refractivity contribution in [3.05, 3.63) is 22.2 Å². The number of hydrogen-bond donors (Lipinski definition) is 1. The zero-order chi connectivity index (χ0) is 14.5. The summed E-state index contributed by atoms with van der Waals surface area (Å²) in [6, 6.07) is 2.24. The lowest BCUT2D eigenvalue weighted by Gasteiger charge is -2.29. The number of fused-ring (bicyclic) bond motifs is 1. The van der Waals surface area contributed by atoms with Crippen molar-refractivity contribution in [2.24, 2.45) is 5.73 Å². The second-order valence-corrected chi connectivity index (χ2v) is 6.65. The van der Waals surface area contributed by atoms with Gasteiger partial charge in [0.2, 0.25) is 0 Å². The highest BCUT2D eigenvalue weighted by Crippen LogP contribution is 2.56. The average molecular weight is 296 g/mol. The Hall–Kier alpha value is -0.930. The molecule has 1 atom stereocenters. The molecule has 0 bridgehead atoms. The van der Waals surface area contributed by atoms with Crippen LogP contribution in [0, 0.1) is 0 Å². The van der Waals surface area contributed by atoms with E-state index < -0.39 is 0 Å². The fourth-order valence-electron chi connectivity index (χ4n) is 3.24. The molecule has 0 spiro atoms. The number of halogens is 1. The maximum absolute atomic E-state index is 6.62. The van der Waals surface area contributed by atoms with Crippen LogP contribution >= 0.6 is 11.6 Å². The second kappa shape index (κ2) is 4.81. The molecule has 0 amide bonds. The van der Waals surface area contributed by atoms with Crippen molar-refractivity contribution in [1.29, 1.82) is 0 Å². The zero-order valence-electron chi connectivity index (χ0n) is 12.3. The van der Waals surface area contributed by atoms with E-state index in [9.17, 15) is 0 Å². The molecular formula is C16H22ClNO2. The zero-order valence-corrected chi connectivity index (χ0v) is 13.1. The molecule has 20 heavy (non-hydrogen) atoms. The first-order chi connectivity index (χ1) is 9.47. The summed E-state index contributed by atoms with van der Waals surface area (Å²) in [5, 5.41) is 0.708. The Balaban J connectivity index is 2.20. The largest absolute Gasteiger partial charge is 0.486 e.